The van der Waals surface area contributed by atoms with Crippen molar-refractivity contribution in [3.05, 3.63) is 95.6 Å². The number of amides is 3. The number of hydrogen-bond acceptors (Lipinski definition) is 8. The minimum absolute atomic E-state index is 0.0724. The highest BCUT2D eigenvalue weighted by atomic mass is 16.5. The lowest BCUT2D eigenvalue weighted by atomic mass is 9.98. The van der Waals surface area contributed by atoms with E-state index in [9.17, 15) is 29.4 Å². The molecule has 5 N–H and O–H groups in total. The van der Waals surface area contributed by atoms with Crippen molar-refractivity contribution in [3.63, 3.8) is 0 Å². The molecular weight excluding hydrogens is 564 g/mol. The Labute approximate surface area is 256 Å². The first-order valence-electron chi connectivity index (χ1n) is 14.6. The van der Waals surface area contributed by atoms with Crippen molar-refractivity contribution >= 4 is 23.7 Å². The number of carbonyl (C=O) groups excluding carboxylic acids is 4. The monoisotopic (exact) mass is 602 g/mol. The molecule has 44 heavy (non-hydrogen) atoms. The number of piperazine rings is 1. The minimum Gasteiger partial charge on any atom is -0.508 e. The van der Waals surface area contributed by atoms with Gasteiger partial charge in [-0.05, 0) is 54.3 Å². The first-order chi connectivity index (χ1) is 21.2. The zero-order valence-corrected chi connectivity index (χ0v) is 24.6. The van der Waals surface area contributed by atoms with E-state index in [-0.39, 0.29) is 49.9 Å². The molecule has 11 heteroatoms. The van der Waals surface area contributed by atoms with Gasteiger partial charge in [0.1, 0.15) is 30.1 Å². The smallest absolute Gasteiger partial charge is 0.325 e. The van der Waals surface area contributed by atoms with Crippen LogP contribution in [0.5, 0.6) is 11.5 Å². The van der Waals surface area contributed by atoms with Crippen LogP contribution in [0, 0.1) is 0 Å². The standard InChI is InChI=1S/C33H38N4O7/c1-2-44-30(40)21-35-31(41)27(18-22-6-4-3-5-7-22)36-32(42)29(20-24-10-14-26(39)15-11-24)37-17-16-34-28(33(37)43)19-23-8-12-25(38)13-9-23/h3-15,27-29,34,38-39H,2,16-21H2,1H3,(H,35,41)(H,36,42)/t27-,28+,29+/m1/s1. The highest BCUT2D eigenvalue weighted by molar-refractivity contribution is 5.94. The fourth-order valence-electron chi connectivity index (χ4n) is 5.11. The predicted octanol–water partition coefficient (Wildman–Crippen LogP) is 1.46. The van der Waals surface area contributed by atoms with E-state index in [1.54, 1.807) is 43.3 Å². The molecule has 4 rings (SSSR count). The highest BCUT2D eigenvalue weighted by Crippen LogP contribution is 2.19. The van der Waals surface area contributed by atoms with Gasteiger partial charge in [-0.3, -0.25) is 19.2 Å². The SMILES string of the molecule is CCOC(=O)CNC(=O)[C@@H](Cc1ccccc1)NC(=O)[C@H](Cc1ccc(O)cc1)N1CCN[C@@H](Cc2ccc(O)cc2)C1=O. The average Bonchev–Trinajstić information content (AvgIpc) is 3.02. The summed E-state index contributed by atoms with van der Waals surface area (Å²) in [6, 6.07) is 19.6. The van der Waals surface area contributed by atoms with Gasteiger partial charge in [0.2, 0.25) is 17.7 Å². The normalized spacial score (nSPS) is 16.1. The van der Waals surface area contributed by atoms with E-state index in [2.05, 4.69) is 16.0 Å². The molecule has 0 aliphatic carbocycles. The Morgan fingerprint density at radius 3 is 2.14 bits per heavy atom. The molecule has 3 aromatic rings. The summed E-state index contributed by atoms with van der Waals surface area (Å²) in [5.41, 5.74) is 2.36. The van der Waals surface area contributed by atoms with E-state index >= 15 is 0 Å². The van der Waals surface area contributed by atoms with Gasteiger partial charge in [0.25, 0.3) is 0 Å². The Morgan fingerprint density at radius 1 is 0.886 bits per heavy atom. The largest absolute Gasteiger partial charge is 0.508 e. The number of carbonyl (C=O) groups is 4. The molecule has 3 aromatic carbocycles. The quantitative estimate of drug-likeness (QED) is 0.184. The lowest BCUT2D eigenvalue weighted by Crippen LogP contribution is -2.63. The number of benzene rings is 3. The van der Waals surface area contributed by atoms with Crippen molar-refractivity contribution < 1.29 is 34.1 Å². The van der Waals surface area contributed by atoms with Crippen LogP contribution in [-0.2, 0) is 43.2 Å². The van der Waals surface area contributed by atoms with Crippen molar-refractivity contribution in [3.8, 4) is 11.5 Å². The van der Waals surface area contributed by atoms with E-state index in [0.717, 1.165) is 16.7 Å². The molecule has 0 saturated carbocycles. The molecule has 1 fully saturated rings. The van der Waals surface area contributed by atoms with Crippen molar-refractivity contribution in [2.24, 2.45) is 0 Å². The molecule has 1 heterocycles. The maximum absolute atomic E-state index is 14.0. The third-order valence-electron chi connectivity index (χ3n) is 7.37. The minimum atomic E-state index is -1.03. The van der Waals surface area contributed by atoms with E-state index in [4.69, 9.17) is 4.74 Å². The van der Waals surface area contributed by atoms with Gasteiger partial charge in [0.05, 0.1) is 12.6 Å². The van der Waals surface area contributed by atoms with Crippen LogP contribution in [0.1, 0.15) is 23.6 Å². The van der Waals surface area contributed by atoms with Crippen LogP contribution in [0.15, 0.2) is 78.9 Å². The summed E-state index contributed by atoms with van der Waals surface area (Å²) >= 11 is 0. The zero-order chi connectivity index (χ0) is 31.5. The number of ether oxygens (including phenoxy) is 1. The molecule has 1 saturated heterocycles. The first-order valence-corrected chi connectivity index (χ1v) is 14.6. The maximum Gasteiger partial charge on any atom is 0.325 e. The summed E-state index contributed by atoms with van der Waals surface area (Å²) in [5.74, 6) is -1.75. The van der Waals surface area contributed by atoms with Crippen LogP contribution in [0.2, 0.25) is 0 Å². The van der Waals surface area contributed by atoms with Crippen LogP contribution in [-0.4, -0.2) is 83.2 Å². The molecule has 0 unspecified atom stereocenters. The third kappa shape index (κ3) is 9.05. The molecule has 3 atom stereocenters. The number of nitrogens with zero attached hydrogens (tertiary/aromatic N) is 1. The summed E-state index contributed by atoms with van der Waals surface area (Å²) in [5, 5.41) is 28.0. The fraction of sp³-hybridized carbons (Fsp3) is 0.333. The molecule has 1 aliphatic rings. The van der Waals surface area contributed by atoms with E-state index < -0.39 is 35.9 Å². The molecule has 11 nitrogen and oxygen atoms in total. The van der Waals surface area contributed by atoms with Crippen molar-refractivity contribution in [1.82, 2.24) is 20.9 Å². The van der Waals surface area contributed by atoms with Crippen molar-refractivity contribution in [1.29, 1.82) is 0 Å². The topological polar surface area (TPSA) is 157 Å². The van der Waals surface area contributed by atoms with E-state index in [1.807, 2.05) is 30.3 Å². The van der Waals surface area contributed by atoms with Gasteiger partial charge in [-0.1, -0.05) is 54.6 Å². The van der Waals surface area contributed by atoms with Crippen LogP contribution >= 0.6 is 0 Å². The van der Waals surface area contributed by atoms with Crippen molar-refractivity contribution in [2.75, 3.05) is 26.2 Å². The Bertz CT molecular complexity index is 1410. The second-order valence-electron chi connectivity index (χ2n) is 10.6. The van der Waals surface area contributed by atoms with Gasteiger partial charge in [0.15, 0.2) is 0 Å². The van der Waals surface area contributed by atoms with Crippen LogP contribution < -0.4 is 16.0 Å². The zero-order valence-electron chi connectivity index (χ0n) is 24.6. The summed E-state index contributed by atoms with van der Waals surface area (Å²) in [7, 11) is 0. The molecule has 0 aromatic heterocycles. The highest BCUT2D eigenvalue weighted by Gasteiger charge is 2.37. The summed E-state index contributed by atoms with van der Waals surface area (Å²) in [6.07, 6.45) is 0.661. The number of phenolic OH excluding ortho intramolecular Hbond substituents is 2. The van der Waals surface area contributed by atoms with Gasteiger partial charge >= 0.3 is 5.97 Å². The molecule has 0 bridgehead atoms. The third-order valence-corrected chi connectivity index (χ3v) is 7.37. The second kappa shape index (κ2) is 15.5. The number of rotatable bonds is 13. The number of esters is 1. The molecule has 1 aliphatic heterocycles. The van der Waals surface area contributed by atoms with Gasteiger partial charge < -0.3 is 35.8 Å². The molecule has 3 amide bonds. The van der Waals surface area contributed by atoms with Crippen LogP contribution in [0.3, 0.4) is 0 Å². The number of phenols is 2. The number of hydrogen-bond donors (Lipinski definition) is 5. The maximum atomic E-state index is 14.0. The van der Waals surface area contributed by atoms with E-state index in [1.165, 1.54) is 17.0 Å². The summed E-state index contributed by atoms with van der Waals surface area (Å²) in [6.45, 7) is 2.20. The summed E-state index contributed by atoms with van der Waals surface area (Å²) < 4.78 is 4.91. The number of nitrogens with one attached hydrogen (secondary N) is 3. The first kappa shape index (κ1) is 32.0. The Balaban J connectivity index is 1.57. The van der Waals surface area contributed by atoms with Gasteiger partial charge in [-0.15, -0.1) is 0 Å². The molecule has 0 spiro atoms. The Kier molecular flexibility index (Phi) is 11.3. The average molecular weight is 603 g/mol. The fourth-order valence-corrected chi connectivity index (χ4v) is 5.11. The number of aromatic hydroxyl groups is 2. The second-order valence-corrected chi connectivity index (χ2v) is 10.6. The van der Waals surface area contributed by atoms with Gasteiger partial charge in [-0.2, -0.15) is 0 Å². The lowest BCUT2D eigenvalue weighted by molar-refractivity contribution is -0.145. The molecular formula is C33H38N4O7. The van der Waals surface area contributed by atoms with Crippen LogP contribution in [0.25, 0.3) is 0 Å². The summed E-state index contributed by atoms with van der Waals surface area (Å²) in [4.78, 5) is 54.5. The van der Waals surface area contributed by atoms with E-state index in [0.29, 0.717) is 13.0 Å². The predicted molar refractivity (Wildman–Crippen MR) is 163 cm³/mol. The molecule has 0 radical (unpaired) electrons. The van der Waals surface area contributed by atoms with Gasteiger partial charge in [-0.25, -0.2) is 0 Å². The van der Waals surface area contributed by atoms with Crippen molar-refractivity contribution in [2.45, 2.75) is 44.3 Å². The Hall–Kier alpha value is -4.90. The van der Waals surface area contributed by atoms with Gasteiger partial charge in [0, 0.05) is 25.9 Å². The van der Waals surface area contributed by atoms with Crippen LogP contribution in [0.4, 0.5) is 0 Å². The lowest BCUT2D eigenvalue weighted by Gasteiger charge is -2.38. The Morgan fingerprint density at radius 2 is 1.50 bits per heavy atom. The molecule has 232 valence electrons.